The van der Waals surface area contributed by atoms with Gasteiger partial charge in [-0.2, -0.15) is 0 Å². The van der Waals surface area contributed by atoms with E-state index in [4.69, 9.17) is 0 Å². The average molecular weight is 202 g/mol. The Hall–Kier alpha value is -0.780. The largest absolute Gasteiger partial charge is 0.0654 e. The lowest BCUT2D eigenvalue weighted by Gasteiger charge is -2.25. The monoisotopic (exact) mass is 202 g/mol. The van der Waals surface area contributed by atoms with E-state index in [1.165, 1.54) is 38.5 Å². The maximum absolute atomic E-state index is 2.45. The highest BCUT2D eigenvalue weighted by molar-refractivity contribution is 5.38. The van der Waals surface area contributed by atoms with Crippen LogP contribution in [0.2, 0.25) is 0 Å². The second-order valence-electron chi connectivity index (χ2n) is 5.17. The highest BCUT2D eigenvalue weighted by Gasteiger charge is 2.32. The fraction of sp³-hybridized carbons (Fsp3) is 0.600. The fourth-order valence-corrected chi connectivity index (χ4v) is 2.90. The molecule has 0 spiro atoms. The zero-order chi connectivity index (χ0) is 10.7. The van der Waals surface area contributed by atoms with Crippen molar-refractivity contribution in [2.75, 3.05) is 0 Å². The number of hydrogen-bond donors (Lipinski definition) is 0. The van der Waals surface area contributed by atoms with E-state index in [0.29, 0.717) is 5.41 Å². The highest BCUT2D eigenvalue weighted by Crippen LogP contribution is 2.42. The summed E-state index contributed by atoms with van der Waals surface area (Å²) in [5, 5.41) is 0. The van der Waals surface area contributed by atoms with Gasteiger partial charge in [0.15, 0.2) is 0 Å². The molecule has 2 rings (SSSR count). The smallest absolute Gasteiger partial charge is 0.00694 e. The van der Waals surface area contributed by atoms with Crippen LogP contribution in [0.3, 0.4) is 0 Å². The van der Waals surface area contributed by atoms with E-state index in [1.807, 2.05) is 0 Å². The van der Waals surface area contributed by atoms with Crippen LogP contribution in [0.25, 0.3) is 0 Å². The van der Waals surface area contributed by atoms with Gasteiger partial charge in [0.25, 0.3) is 0 Å². The standard InChI is InChI=1S/C15H22/c1-3-4-7-11-15(2)12-10-13-8-5-6-9-14(13)15/h5-6,8-9H,3-4,7,10-12H2,1-2H3. The van der Waals surface area contributed by atoms with Crippen LogP contribution >= 0.6 is 0 Å². The van der Waals surface area contributed by atoms with Gasteiger partial charge in [-0.25, -0.2) is 0 Å². The van der Waals surface area contributed by atoms with Crippen LogP contribution in [-0.2, 0) is 11.8 Å². The quantitative estimate of drug-likeness (QED) is 0.632. The van der Waals surface area contributed by atoms with Crippen LogP contribution in [-0.4, -0.2) is 0 Å². The molecule has 1 atom stereocenters. The summed E-state index contributed by atoms with van der Waals surface area (Å²) in [6.07, 6.45) is 8.13. The predicted molar refractivity (Wildman–Crippen MR) is 66.3 cm³/mol. The van der Waals surface area contributed by atoms with E-state index in [2.05, 4.69) is 38.1 Å². The van der Waals surface area contributed by atoms with Gasteiger partial charge in [0, 0.05) is 0 Å². The van der Waals surface area contributed by atoms with Gasteiger partial charge in [0.2, 0.25) is 0 Å². The van der Waals surface area contributed by atoms with E-state index in [-0.39, 0.29) is 0 Å². The van der Waals surface area contributed by atoms with Crippen LogP contribution in [0.15, 0.2) is 24.3 Å². The number of aryl methyl sites for hydroxylation is 1. The van der Waals surface area contributed by atoms with Crippen molar-refractivity contribution in [3.8, 4) is 0 Å². The second-order valence-corrected chi connectivity index (χ2v) is 5.17. The summed E-state index contributed by atoms with van der Waals surface area (Å²) in [5.41, 5.74) is 3.70. The first kappa shape index (κ1) is 10.7. The van der Waals surface area contributed by atoms with Crippen molar-refractivity contribution in [1.82, 2.24) is 0 Å². The number of fused-ring (bicyclic) bond motifs is 1. The van der Waals surface area contributed by atoms with Crippen LogP contribution in [0.1, 0.15) is 57.1 Å². The summed E-state index contributed by atoms with van der Waals surface area (Å²) in [6.45, 7) is 4.74. The van der Waals surface area contributed by atoms with E-state index < -0.39 is 0 Å². The third-order valence-corrected chi connectivity index (χ3v) is 3.95. The minimum absolute atomic E-state index is 0.478. The molecule has 0 N–H and O–H groups in total. The molecule has 0 bridgehead atoms. The molecular weight excluding hydrogens is 180 g/mol. The minimum Gasteiger partial charge on any atom is -0.0654 e. The number of hydrogen-bond acceptors (Lipinski definition) is 0. The Morgan fingerprint density at radius 2 is 2.00 bits per heavy atom. The number of benzene rings is 1. The van der Waals surface area contributed by atoms with Crippen LogP contribution in [0, 0.1) is 0 Å². The van der Waals surface area contributed by atoms with Crippen molar-refractivity contribution in [1.29, 1.82) is 0 Å². The molecule has 0 radical (unpaired) electrons. The number of rotatable bonds is 4. The van der Waals surface area contributed by atoms with E-state index in [0.717, 1.165) is 0 Å². The molecule has 1 aromatic carbocycles. The van der Waals surface area contributed by atoms with Crippen molar-refractivity contribution in [3.63, 3.8) is 0 Å². The molecular formula is C15H22. The van der Waals surface area contributed by atoms with Gasteiger partial charge in [-0.05, 0) is 35.8 Å². The van der Waals surface area contributed by atoms with Crippen molar-refractivity contribution in [2.45, 2.75) is 57.8 Å². The molecule has 0 heterocycles. The Morgan fingerprint density at radius 1 is 1.20 bits per heavy atom. The molecule has 0 saturated carbocycles. The predicted octanol–water partition coefficient (Wildman–Crippen LogP) is 4.47. The molecule has 1 aromatic rings. The molecule has 1 aliphatic rings. The Morgan fingerprint density at radius 3 is 2.80 bits per heavy atom. The maximum Gasteiger partial charge on any atom is -0.00694 e. The van der Waals surface area contributed by atoms with Gasteiger partial charge < -0.3 is 0 Å². The molecule has 0 fully saturated rings. The van der Waals surface area contributed by atoms with Crippen molar-refractivity contribution >= 4 is 0 Å². The summed E-state index contributed by atoms with van der Waals surface area (Å²) < 4.78 is 0. The van der Waals surface area contributed by atoms with Gasteiger partial charge in [0.1, 0.15) is 0 Å². The van der Waals surface area contributed by atoms with E-state index in [1.54, 1.807) is 11.1 Å². The Kier molecular flexibility index (Phi) is 3.14. The summed E-state index contributed by atoms with van der Waals surface area (Å²) in [6, 6.07) is 9.02. The lowest BCUT2D eigenvalue weighted by Crippen LogP contribution is -2.17. The van der Waals surface area contributed by atoms with Gasteiger partial charge >= 0.3 is 0 Å². The molecule has 0 saturated heterocycles. The highest BCUT2D eigenvalue weighted by atomic mass is 14.4. The van der Waals surface area contributed by atoms with Crippen molar-refractivity contribution < 1.29 is 0 Å². The summed E-state index contributed by atoms with van der Waals surface area (Å²) in [7, 11) is 0. The molecule has 1 unspecified atom stereocenters. The molecule has 0 heteroatoms. The van der Waals surface area contributed by atoms with Crippen LogP contribution in [0.5, 0.6) is 0 Å². The lowest BCUT2D eigenvalue weighted by atomic mass is 9.79. The normalized spacial score (nSPS) is 24.1. The van der Waals surface area contributed by atoms with Crippen molar-refractivity contribution in [2.24, 2.45) is 0 Å². The third-order valence-electron chi connectivity index (χ3n) is 3.95. The number of unbranched alkanes of at least 4 members (excludes halogenated alkanes) is 2. The Labute approximate surface area is 93.7 Å². The second kappa shape index (κ2) is 4.38. The van der Waals surface area contributed by atoms with Crippen LogP contribution < -0.4 is 0 Å². The van der Waals surface area contributed by atoms with Gasteiger partial charge in [0.05, 0.1) is 0 Å². The zero-order valence-corrected chi connectivity index (χ0v) is 10.1. The SMILES string of the molecule is CCCCCC1(C)CCc2ccccc21. The summed E-state index contributed by atoms with van der Waals surface area (Å²) in [5.74, 6) is 0. The maximum atomic E-state index is 2.45. The molecule has 0 amide bonds. The minimum atomic E-state index is 0.478. The zero-order valence-electron chi connectivity index (χ0n) is 10.1. The molecule has 1 aliphatic carbocycles. The third kappa shape index (κ3) is 2.09. The van der Waals surface area contributed by atoms with Crippen molar-refractivity contribution in [3.05, 3.63) is 35.4 Å². The van der Waals surface area contributed by atoms with E-state index in [9.17, 15) is 0 Å². The molecule has 82 valence electrons. The van der Waals surface area contributed by atoms with Gasteiger partial charge in [-0.3, -0.25) is 0 Å². The van der Waals surface area contributed by atoms with Gasteiger partial charge in [-0.1, -0.05) is 57.4 Å². The van der Waals surface area contributed by atoms with Gasteiger partial charge in [-0.15, -0.1) is 0 Å². The molecule has 0 nitrogen and oxygen atoms in total. The first-order valence-corrected chi connectivity index (χ1v) is 6.35. The summed E-state index contributed by atoms with van der Waals surface area (Å²) >= 11 is 0. The Bertz CT molecular complexity index is 327. The fourth-order valence-electron chi connectivity index (χ4n) is 2.90. The lowest BCUT2D eigenvalue weighted by molar-refractivity contribution is 0.410. The molecule has 15 heavy (non-hydrogen) atoms. The first-order valence-electron chi connectivity index (χ1n) is 6.35. The molecule has 0 aliphatic heterocycles. The van der Waals surface area contributed by atoms with E-state index >= 15 is 0 Å². The Balaban J connectivity index is 2.10. The average Bonchev–Trinajstić information content (AvgIpc) is 2.59. The van der Waals surface area contributed by atoms with Crippen LogP contribution in [0.4, 0.5) is 0 Å². The topological polar surface area (TPSA) is 0 Å². The first-order chi connectivity index (χ1) is 7.26. The summed E-state index contributed by atoms with van der Waals surface area (Å²) in [4.78, 5) is 0. The molecule has 0 aromatic heterocycles.